The molecule has 4 nitrogen and oxygen atoms in total. The largest absolute Gasteiger partial charge is 0.396 e. The molecule has 1 fully saturated rings. The lowest BCUT2D eigenvalue weighted by Crippen LogP contribution is -2.55. The Hall–Kier alpha value is -0.970. The summed E-state index contributed by atoms with van der Waals surface area (Å²) < 4.78 is 5.83. The van der Waals surface area contributed by atoms with Gasteiger partial charge in [0, 0.05) is 12.5 Å². The second-order valence-corrected chi connectivity index (χ2v) is 6.53. The van der Waals surface area contributed by atoms with Gasteiger partial charge in [-0.25, -0.2) is 0 Å². The second-order valence-electron chi connectivity index (χ2n) is 6.53. The fourth-order valence-corrected chi connectivity index (χ4v) is 3.49. The SMILES string of the molecule is CC1=CC(=O)C2(O)C1CO[C@]2(C)CC/C=C(\C)CCCO. The van der Waals surface area contributed by atoms with Crippen LogP contribution >= 0.6 is 0 Å². The summed E-state index contributed by atoms with van der Waals surface area (Å²) in [5.74, 6) is -0.416. The van der Waals surface area contributed by atoms with Crippen molar-refractivity contribution in [1.82, 2.24) is 0 Å². The molecule has 2 unspecified atom stereocenters. The molecule has 118 valence electrons. The minimum Gasteiger partial charge on any atom is -0.396 e. The molecule has 2 N–H and O–H groups in total. The molecule has 0 spiro atoms. The van der Waals surface area contributed by atoms with Crippen molar-refractivity contribution < 1.29 is 19.7 Å². The van der Waals surface area contributed by atoms with Crippen LogP contribution in [-0.4, -0.2) is 40.4 Å². The zero-order valence-corrected chi connectivity index (χ0v) is 13.2. The maximum absolute atomic E-state index is 12.2. The predicted molar refractivity (Wildman–Crippen MR) is 80.9 cm³/mol. The summed E-state index contributed by atoms with van der Waals surface area (Å²) in [5, 5.41) is 19.7. The van der Waals surface area contributed by atoms with E-state index in [4.69, 9.17) is 9.84 Å². The molecule has 4 heteroatoms. The first-order valence-corrected chi connectivity index (χ1v) is 7.70. The Labute approximate surface area is 126 Å². The van der Waals surface area contributed by atoms with Gasteiger partial charge in [0.25, 0.3) is 0 Å². The zero-order chi connectivity index (χ0) is 15.7. The molecule has 1 aliphatic heterocycles. The standard InChI is InChI=1S/C17H26O4/c1-12(7-5-9-18)6-4-8-16(3)17(20)14(11-21-16)13(2)10-15(17)19/h6,10,14,18,20H,4-5,7-9,11H2,1-3H3/b12-6+/t14?,16-,17?/m1/s1. The lowest BCUT2D eigenvalue weighted by atomic mass is 9.74. The number of ether oxygens (including phenoxy) is 1. The number of rotatable bonds is 6. The van der Waals surface area contributed by atoms with Crippen molar-refractivity contribution in [3.8, 4) is 0 Å². The first-order valence-electron chi connectivity index (χ1n) is 7.70. The first-order chi connectivity index (χ1) is 9.85. The highest BCUT2D eigenvalue weighted by Crippen LogP contribution is 2.49. The molecule has 1 aliphatic carbocycles. The van der Waals surface area contributed by atoms with Crippen molar-refractivity contribution in [2.75, 3.05) is 13.2 Å². The topological polar surface area (TPSA) is 66.8 Å². The molecular weight excluding hydrogens is 268 g/mol. The first kappa shape index (κ1) is 16.4. The van der Waals surface area contributed by atoms with Gasteiger partial charge >= 0.3 is 0 Å². The van der Waals surface area contributed by atoms with Gasteiger partial charge in [0.1, 0.15) is 5.60 Å². The van der Waals surface area contributed by atoms with E-state index in [1.54, 1.807) is 6.08 Å². The predicted octanol–water partition coefficient (Wildman–Crippen LogP) is 2.15. The quantitative estimate of drug-likeness (QED) is 0.737. The van der Waals surface area contributed by atoms with E-state index in [9.17, 15) is 9.90 Å². The molecule has 2 rings (SSSR count). The smallest absolute Gasteiger partial charge is 0.190 e. The summed E-state index contributed by atoms with van der Waals surface area (Å²) in [7, 11) is 0. The third-order valence-corrected chi connectivity index (χ3v) is 5.01. The molecule has 0 aromatic heterocycles. The summed E-state index contributed by atoms with van der Waals surface area (Å²) in [6.07, 6.45) is 6.69. The Balaban J connectivity index is 2.02. The average Bonchev–Trinajstić information content (AvgIpc) is 2.82. The van der Waals surface area contributed by atoms with Crippen molar-refractivity contribution >= 4 is 5.78 Å². The van der Waals surface area contributed by atoms with Crippen LogP contribution in [0.1, 0.15) is 46.5 Å². The Morgan fingerprint density at radius 2 is 2.29 bits per heavy atom. The van der Waals surface area contributed by atoms with E-state index in [1.165, 1.54) is 5.57 Å². The van der Waals surface area contributed by atoms with Crippen LogP contribution < -0.4 is 0 Å². The summed E-state index contributed by atoms with van der Waals surface area (Å²) in [5.41, 5.74) is -0.0807. The summed E-state index contributed by atoms with van der Waals surface area (Å²) >= 11 is 0. The molecule has 3 atom stereocenters. The third-order valence-electron chi connectivity index (χ3n) is 5.01. The molecule has 0 amide bonds. The van der Waals surface area contributed by atoms with Crippen LogP contribution in [0.5, 0.6) is 0 Å². The monoisotopic (exact) mass is 294 g/mol. The van der Waals surface area contributed by atoms with Crippen LogP contribution in [0.2, 0.25) is 0 Å². The van der Waals surface area contributed by atoms with E-state index in [1.807, 2.05) is 20.8 Å². The Morgan fingerprint density at radius 1 is 1.57 bits per heavy atom. The maximum atomic E-state index is 12.2. The van der Waals surface area contributed by atoms with Gasteiger partial charge in [0.2, 0.25) is 0 Å². The summed E-state index contributed by atoms with van der Waals surface area (Å²) in [4.78, 5) is 12.2. The van der Waals surface area contributed by atoms with E-state index in [-0.39, 0.29) is 18.3 Å². The van der Waals surface area contributed by atoms with Gasteiger partial charge in [-0.15, -0.1) is 0 Å². The number of carbonyl (C=O) groups excluding carboxylic acids is 1. The van der Waals surface area contributed by atoms with Gasteiger partial charge in [-0.05, 0) is 52.5 Å². The third kappa shape index (κ3) is 2.72. The lowest BCUT2D eigenvalue weighted by Gasteiger charge is -2.36. The molecule has 0 aromatic carbocycles. The maximum Gasteiger partial charge on any atom is 0.190 e. The summed E-state index contributed by atoms with van der Waals surface area (Å²) in [6.45, 7) is 6.38. The number of aliphatic hydroxyl groups is 2. The van der Waals surface area contributed by atoms with E-state index in [0.29, 0.717) is 13.0 Å². The minimum atomic E-state index is -1.40. The van der Waals surface area contributed by atoms with Crippen LogP contribution in [0.25, 0.3) is 0 Å². The number of carbonyl (C=O) groups is 1. The van der Waals surface area contributed by atoms with Gasteiger partial charge < -0.3 is 14.9 Å². The highest BCUT2D eigenvalue weighted by atomic mass is 16.5. The molecule has 2 aliphatic rings. The second kappa shape index (κ2) is 6.03. The van der Waals surface area contributed by atoms with Crippen LogP contribution in [0.15, 0.2) is 23.3 Å². The van der Waals surface area contributed by atoms with Gasteiger partial charge in [0.15, 0.2) is 11.4 Å². The fourth-order valence-electron chi connectivity index (χ4n) is 3.49. The minimum absolute atomic E-state index is 0.200. The van der Waals surface area contributed by atoms with E-state index < -0.39 is 11.2 Å². The number of hydrogen-bond acceptors (Lipinski definition) is 4. The molecule has 1 heterocycles. The number of ketones is 1. The average molecular weight is 294 g/mol. The molecule has 0 saturated carbocycles. The highest BCUT2D eigenvalue weighted by molar-refractivity contribution is 6.02. The van der Waals surface area contributed by atoms with Gasteiger partial charge in [0.05, 0.1) is 6.61 Å². The van der Waals surface area contributed by atoms with Gasteiger partial charge in [-0.3, -0.25) is 4.79 Å². The number of fused-ring (bicyclic) bond motifs is 1. The van der Waals surface area contributed by atoms with Crippen LogP contribution in [-0.2, 0) is 9.53 Å². The molecule has 0 bridgehead atoms. The Bertz CT molecular complexity index is 479. The normalized spacial score (nSPS) is 36.0. The van der Waals surface area contributed by atoms with Crippen molar-refractivity contribution in [1.29, 1.82) is 0 Å². The van der Waals surface area contributed by atoms with Crippen molar-refractivity contribution in [3.05, 3.63) is 23.3 Å². The summed E-state index contributed by atoms with van der Waals surface area (Å²) in [6, 6.07) is 0. The van der Waals surface area contributed by atoms with Crippen LogP contribution in [0, 0.1) is 5.92 Å². The van der Waals surface area contributed by atoms with Crippen LogP contribution in [0.4, 0.5) is 0 Å². The van der Waals surface area contributed by atoms with Crippen molar-refractivity contribution in [2.45, 2.75) is 57.7 Å². The van der Waals surface area contributed by atoms with Crippen molar-refractivity contribution in [2.24, 2.45) is 5.92 Å². The van der Waals surface area contributed by atoms with E-state index >= 15 is 0 Å². The van der Waals surface area contributed by atoms with Crippen molar-refractivity contribution in [3.63, 3.8) is 0 Å². The molecule has 0 aromatic rings. The highest BCUT2D eigenvalue weighted by Gasteiger charge is 2.64. The van der Waals surface area contributed by atoms with Gasteiger partial charge in [-0.2, -0.15) is 0 Å². The van der Waals surface area contributed by atoms with E-state index in [2.05, 4.69) is 6.08 Å². The number of hydrogen-bond donors (Lipinski definition) is 2. The van der Waals surface area contributed by atoms with Crippen LogP contribution in [0.3, 0.4) is 0 Å². The zero-order valence-electron chi connectivity index (χ0n) is 13.2. The fraction of sp³-hybridized carbons (Fsp3) is 0.706. The molecule has 1 saturated heterocycles. The number of allylic oxidation sites excluding steroid dienone is 2. The van der Waals surface area contributed by atoms with Gasteiger partial charge in [-0.1, -0.05) is 17.2 Å². The lowest BCUT2D eigenvalue weighted by molar-refractivity contribution is -0.153. The Morgan fingerprint density at radius 3 is 2.95 bits per heavy atom. The van der Waals surface area contributed by atoms with E-state index in [0.717, 1.165) is 24.8 Å². The molecule has 0 radical (unpaired) electrons. The Kier molecular flexibility index (Phi) is 4.71. The number of aliphatic hydroxyl groups excluding tert-OH is 1. The molecule has 21 heavy (non-hydrogen) atoms. The molecular formula is C17H26O4.